The molecule has 0 unspecified atom stereocenters. The van der Waals surface area contributed by atoms with Crippen molar-refractivity contribution in [3.05, 3.63) is 70.7 Å². The molecule has 0 aliphatic carbocycles. The Morgan fingerprint density at radius 3 is 2.72 bits per heavy atom. The highest BCUT2D eigenvalue weighted by Gasteiger charge is 2.28. The summed E-state index contributed by atoms with van der Waals surface area (Å²) in [4.78, 5) is 25.5. The number of nitrogens with one attached hydrogen (secondary N) is 1. The number of nitriles is 1. The summed E-state index contributed by atoms with van der Waals surface area (Å²) in [7, 11) is 0. The number of hydrogen-bond acceptors (Lipinski definition) is 4. The van der Waals surface area contributed by atoms with E-state index in [0.717, 1.165) is 6.07 Å². The van der Waals surface area contributed by atoms with E-state index in [4.69, 9.17) is 21.3 Å². The predicted molar refractivity (Wildman–Crippen MR) is 103 cm³/mol. The first kappa shape index (κ1) is 18.7. The third kappa shape index (κ3) is 3.71. The van der Waals surface area contributed by atoms with Gasteiger partial charge in [-0.15, -0.1) is 0 Å². The number of carbonyl (C=O) groups is 2. The number of halogens is 2. The van der Waals surface area contributed by atoms with E-state index in [1.165, 1.54) is 23.1 Å². The van der Waals surface area contributed by atoms with Gasteiger partial charge in [-0.1, -0.05) is 23.7 Å². The lowest BCUT2D eigenvalue weighted by Gasteiger charge is -2.10. The average Bonchev–Trinajstić information content (AvgIpc) is 3.33. The van der Waals surface area contributed by atoms with Crippen molar-refractivity contribution in [3.8, 4) is 28.5 Å². The fourth-order valence-electron chi connectivity index (χ4n) is 3.13. The van der Waals surface area contributed by atoms with Gasteiger partial charge in [-0.2, -0.15) is 5.26 Å². The van der Waals surface area contributed by atoms with Gasteiger partial charge in [0.05, 0.1) is 18.3 Å². The van der Waals surface area contributed by atoms with Gasteiger partial charge in [-0.3, -0.25) is 9.59 Å². The second-order valence-electron chi connectivity index (χ2n) is 6.47. The van der Waals surface area contributed by atoms with Crippen LogP contribution >= 0.6 is 11.6 Å². The van der Waals surface area contributed by atoms with E-state index in [9.17, 15) is 14.0 Å². The van der Waals surface area contributed by atoms with E-state index in [1.54, 1.807) is 24.3 Å². The molecule has 2 amide bonds. The Morgan fingerprint density at radius 1 is 1.21 bits per heavy atom. The van der Waals surface area contributed by atoms with Gasteiger partial charge in [0, 0.05) is 16.1 Å². The highest BCUT2D eigenvalue weighted by atomic mass is 35.5. The molecular weight excluding hydrogens is 397 g/mol. The van der Waals surface area contributed by atoms with Gasteiger partial charge in [-0.25, -0.2) is 4.39 Å². The molecule has 6 nitrogen and oxygen atoms in total. The molecule has 0 radical (unpaired) electrons. The lowest BCUT2D eigenvalue weighted by molar-refractivity contribution is -0.118. The smallest absolute Gasteiger partial charge is 0.291 e. The van der Waals surface area contributed by atoms with Crippen molar-refractivity contribution in [1.29, 1.82) is 5.26 Å². The number of furan rings is 1. The lowest BCUT2D eigenvalue weighted by Crippen LogP contribution is -2.29. The molecule has 29 heavy (non-hydrogen) atoms. The van der Waals surface area contributed by atoms with Crippen LogP contribution in [0.15, 0.2) is 52.9 Å². The third-order valence-corrected chi connectivity index (χ3v) is 4.69. The minimum absolute atomic E-state index is 0.00533. The first-order chi connectivity index (χ1) is 13.9. The third-order valence-electron chi connectivity index (χ3n) is 4.46. The minimum atomic E-state index is -0.584. The Balaban J connectivity index is 1.86. The molecule has 2 heterocycles. The summed E-state index contributed by atoms with van der Waals surface area (Å²) in [5.41, 5.74) is 1.55. The van der Waals surface area contributed by atoms with E-state index in [-0.39, 0.29) is 30.4 Å². The summed E-state index contributed by atoms with van der Waals surface area (Å²) in [6, 6.07) is 14.1. The van der Waals surface area contributed by atoms with E-state index in [0.29, 0.717) is 27.5 Å². The summed E-state index contributed by atoms with van der Waals surface area (Å²) in [5, 5.41) is 12.2. The van der Waals surface area contributed by atoms with Gasteiger partial charge in [0.2, 0.25) is 5.91 Å². The molecule has 2 aromatic carbocycles. The average molecular weight is 410 g/mol. The zero-order valence-electron chi connectivity index (χ0n) is 14.9. The standard InChI is InChI=1S/C21H13ClFN3O3/c22-15-3-1-2-13(6-15)20-17(14-4-12(9-24)5-16(23)7-14)8-18(29-20)21(28)26-10-19(27)25-11-26/h1-8H,10-11H2,(H,25,27). The second kappa shape index (κ2) is 7.41. The second-order valence-corrected chi connectivity index (χ2v) is 6.90. The van der Waals surface area contributed by atoms with Crippen LogP contribution in [0.4, 0.5) is 4.39 Å². The van der Waals surface area contributed by atoms with Crippen LogP contribution in [-0.2, 0) is 4.79 Å². The zero-order chi connectivity index (χ0) is 20.5. The van der Waals surface area contributed by atoms with E-state index in [1.807, 2.05) is 6.07 Å². The molecule has 3 aromatic rings. The number of amides is 2. The van der Waals surface area contributed by atoms with Crippen molar-refractivity contribution in [3.63, 3.8) is 0 Å². The number of hydrogen-bond donors (Lipinski definition) is 1. The summed E-state index contributed by atoms with van der Waals surface area (Å²) < 4.78 is 19.9. The Morgan fingerprint density at radius 2 is 2.03 bits per heavy atom. The first-order valence-corrected chi connectivity index (χ1v) is 8.99. The Hall–Kier alpha value is -3.63. The van der Waals surface area contributed by atoms with Crippen molar-refractivity contribution in [2.75, 3.05) is 13.2 Å². The monoisotopic (exact) mass is 409 g/mol. The van der Waals surface area contributed by atoms with Crippen LogP contribution in [0.5, 0.6) is 0 Å². The molecule has 1 N–H and O–H groups in total. The predicted octanol–water partition coefficient (Wildman–Crippen LogP) is 3.81. The van der Waals surface area contributed by atoms with Crippen molar-refractivity contribution in [2.24, 2.45) is 0 Å². The maximum Gasteiger partial charge on any atom is 0.291 e. The molecule has 1 aromatic heterocycles. The molecule has 1 aliphatic rings. The van der Waals surface area contributed by atoms with Crippen molar-refractivity contribution < 1.29 is 18.4 Å². The SMILES string of the molecule is N#Cc1cc(F)cc(-c2cc(C(=O)N3CNC(=O)C3)oc2-c2cccc(Cl)c2)c1. The maximum atomic E-state index is 14.0. The van der Waals surface area contributed by atoms with Gasteiger partial charge < -0.3 is 14.6 Å². The fourth-order valence-corrected chi connectivity index (χ4v) is 3.32. The normalized spacial score (nSPS) is 13.3. The van der Waals surface area contributed by atoms with Crippen LogP contribution in [0, 0.1) is 17.1 Å². The van der Waals surface area contributed by atoms with Crippen molar-refractivity contribution >= 4 is 23.4 Å². The van der Waals surface area contributed by atoms with Gasteiger partial charge in [0.25, 0.3) is 5.91 Å². The molecule has 0 saturated carbocycles. The van der Waals surface area contributed by atoms with E-state index < -0.39 is 11.7 Å². The van der Waals surface area contributed by atoms with Crippen molar-refractivity contribution in [2.45, 2.75) is 0 Å². The molecule has 4 rings (SSSR count). The van der Waals surface area contributed by atoms with Crippen molar-refractivity contribution in [1.82, 2.24) is 10.2 Å². The summed E-state index contributed by atoms with van der Waals surface area (Å²) in [5.74, 6) is -1.02. The number of benzene rings is 2. The van der Waals surface area contributed by atoms with Crippen LogP contribution < -0.4 is 5.32 Å². The molecule has 1 fully saturated rings. The van der Waals surface area contributed by atoms with Gasteiger partial charge in [0.1, 0.15) is 18.1 Å². The first-order valence-electron chi connectivity index (χ1n) is 8.61. The van der Waals surface area contributed by atoms with Gasteiger partial charge in [0.15, 0.2) is 5.76 Å². The van der Waals surface area contributed by atoms with Crippen LogP contribution in [0.3, 0.4) is 0 Å². The van der Waals surface area contributed by atoms with Crippen LogP contribution in [0.25, 0.3) is 22.5 Å². The Bertz CT molecular complexity index is 1180. The maximum absolute atomic E-state index is 14.0. The highest BCUT2D eigenvalue weighted by molar-refractivity contribution is 6.30. The van der Waals surface area contributed by atoms with E-state index >= 15 is 0 Å². The summed E-state index contributed by atoms with van der Waals surface area (Å²) in [6.07, 6.45) is 0. The molecule has 1 saturated heterocycles. The molecule has 0 spiro atoms. The summed E-state index contributed by atoms with van der Waals surface area (Å²) in [6.45, 7) is 0.0126. The molecule has 1 aliphatic heterocycles. The summed E-state index contributed by atoms with van der Waals surface area (Å²) >= 11 is 6.09. The molecular formula is C21H13ClFN3O3. The van der Waals surface area contributed by atoms with Gasteiger partial charge >= 0.3 is 0 Å². The minimum Gasteiger partial charge on any atom is -0.450 e. The number of nitrogens with zero attached hydrogens (tertiary/aromatic N) is 2. The van der Waals surface area contributed by atoms with Crippen LogP contribution in [0.2, 0.25) is 5.02 Å². The van der Waals surface area contributed by atoms with E-state index in [2.05, 4.69) is 5.32 Å². The zero-order valence-corrected chi connectivity index (χ0v) is 15.7. The molecule has 0 bridgehead atoms. The largest absolute Gasteiger partial charge is 0.450 e. The Labute approximate surface area is 170 Å². The van der Waals surface area contributed by atoms with Crippen LogP contribution in [-0.4, -0.2) is 29.9 Å². The topological polar surface area (TPSA) is 86.3 Å². The Kier molecular flexibility index (Phi) is 4.79. The molecule has 8 heteroatoms. The highest BCUT2D eigenvalue weighted by Crippen LogP contribution is 2.37. The molecule has 144 valence electrons. The lowest BCUT2D eigenvalue weighted by atomic mass is 10.00. The number of rotatable bonds is 3. The fraction of sp³-hybridized carbons (Fsp3) is 0.0952. The number of carbonyl (C=O) groups excluding carboxylic acids is 2. The van der Waals surface area contributed by atoms with Crippen LogP contribution in [0.1, 0.15) is 16.1 Å². The van der Waals surface area contributed by atoms with Gasteiger partial charge in [-0.05, 0) is 42.0 Å². The molecule has 0 atom stereocenters. The quantitative estimate of drug-likeness (QED) is 0.712.